The Morgan fingerprint density at radius 2 is 0.600 bits per heavy atom. The highest BCUT2D eigenvalue weighted by molar-refractivity contribution is 4.68. The lowest BCUT2D eigenvalue weighted by atomic mass is 10.3. The van der Waals surface area contributed by atoms with Gasteiger partial charge in [-0.05, 0) is 0 Å². The van der Waals surface area contributed by atoms with Crippen LogP contribution in [0.25, 0.3) is 0 Å². The van der Waals surface area contributed by atoms with Gasteiger partial charge in [-0.2, -0.15) is 0 Å². The fourth-order valence-electron chi connectivity index (χ4n) is 1.15. The van der Waals surface area contributed by atoms with Crippen LogP contribution in [0, 0.1) is 0 Å². The normalized spacial score (nSPS) is 11.7. The molecule has 0 atom stereocenters. The summed E-state index contributed by atoms with van der Waals surface area (Å²) in [5.41, 5.74) is 10.9. The van der Waals surface area contributed by atoms with Crippen LogP contribution in [0.4, 0.5) is 0 Å². The van der Waals surface area contributed by atoms with Crippen LogP contribution in [0.2, 0.25) is 0 Å². The molecule has 1 heterocycles. The van der Waals surface area contributed by atoms with Gasteiger partial charge in [0.05, 0.1) is 0 Å². The van der Waals surface area contributed by atoms with Gasteiger partial charge in [0.15, 0.2) is 0 Å². The Bertz CT molecular complexity index is 80.5. The largest absolute Gasteiger partial charge is 0.318 e. The minimum atomic E-state index is 0. The highest BCUT2D eigenvalue weighted by atomic mass is 15.3. The molecule has 0 aromatic heterocycles. The van der Waals surface area contributed by atoms with E-state index >= 15 is 0 Å². The van der Waals surface area contributed by atoms with Gasteiger partial charge in [0.25, 0.3) is 0 Å². The quantitative estimate of drug-likeness (QED) is 0.769. The molecule has 1 aliphatic heterocycles. The van der Waals surface area contributed by atoms with Crippen molar-refractivity contribution in [2.24, 2.45) is 11.5 Å². The van der Waals surface area contributed by atoms with Crippen molar-refractivity contribution in [3.05, 3.63) is 0 Å². The van der Waals surface area contributed by atoms with Gasteiger partial charge in [-0.3, -0.25) is 9.80 Å². The summed E-state index contributed by atoms with van der Waals surface area (Å²) < 4.78 is 0. The molecule has 1 saturated heterocycles. The van der Waals surface area contributed by atoms with E-state index in [2.05, 4.69) is 9.80 Å². The molecule has 20 heavy (non-hydrogen) atoms. The van der Waals surface area contributed by atoms with Gasteiger partial charge in [-0.15, -0.1) is 0 Å². The van der Waals surface area contributed by atoms with Crippen molar-refractivity contribution < 1.29 is 0 Å². The van der Waals surface area contributed by atoms with Crippen LogP contribution < -0.4 is 11.5 Å². The number of rotatable bonds is 2. The number of piperazine rings is 1. The molecule has 4 nitrogen and oxygen atoms in total. The highest BCUT2D eigenvalue weighted by Crippen LogP contribution is 1.96. The molecule has 0 aromatic carbocycles. The van der Waals surface area contributed by atoms with E-state index in [1.807, 2.05) is 0 Å². The van der Waals surface area contributed by atoms with Crippen LogP contribution in [-0.2, 0) is 0 Å². The first-order chi connectivity index (χ1) is 4.86. The van der Waals surface area contributed by atoms with Gasteiger partial charge < -0.3 is 11.5 Å². The first-order valence-corrected chi connectivity index (χ1v) is 3.71. The molecule has 0 aromatic rings. The van der Waals surface area contributed by atoms with Crippen molar-refractivity contribution in [2.45, 2.75) is 74.3 Å². The predicted molar refractivity (Wildman–Crippen MR) is 109 cm³/mol. The maximum Gasteiger partial charge on any atom is 0.0456 e. The summed E-state index contributed by atoms with van der Waals surface area (Å²) in [7, 11) is 0. The van der Waals surface area contributed by atoms with Gasteiger partial charge in [0.2, 0.25) is 0 Å². The third-order valence-electron chi connectivity index (χ3n) is 1.98. The third-order valence-corrected chi connectivity index (χ3v) is 1.98. The van der Waals surface area contributed by atoms with Crippen molar-refractivity contribution in [2.75, 3.05) is 39.5 Å². The summed E-state index contributed by atoms with van der Waals surface area (Å²) in [5, 5.41) is 0. The second kappa shape index (κ2) is 42.8. The molecule has 0 unspecified atom stereocenters. The van der Waals surface area contributed by atoms with Crippen molar-refractivity contribution in [1.82, 2.24) is 9.80 Å². The lowest BCUT2D eigenvalue weighted by Gasteiger charge is -2.32. The Hall–Kier alpha value is -0.160. The fraction of sp³-hybridized carbons (Fsp3) is 1.00. The topological polar surface area (TPSA) is 58.5 Å². The maximum absolute atomic E-state index is 5.47. The van der Waals surface area contributed by atoms with Crippen molar-refractivity contribution in [3.8, 4) is 0 Å². The molecule has 0 saturated carbocycles. The zero-order valence-electron chi connectivity index (χ0n) is 6.29. The Balaban J connectivity index is -0.0000000125. The number of nitrogens with zero attached hydrogens (tertiary/aromatic N) is 2. The van der Waals surface area contributed by atoms with E-state index in [1.165, 1.54) is 0 Å². The first kappa shape index (κ1) is 72.7. The lowest BCUT2D eigenvalue weighted by Crippen LogP contribution is -2.49. The van der Waals surface area contributed by atoms with Gasteiger partial charge in [-0.25, -0.2) is 0 Å². The molecule has 4 heteroatoms. The van der Waals surface area contributed by atoms with E-state index in [0.717, 1.165) is 26.2 Å². The van der Waals surface area contributed by atoms with Crippen molar-refractivity contribution >= 4 is 0 Å². The molecule has 1 aliphatic rings. The van der Waals surface area contributed by atoms with E-state index in [4.69, 9.17) is 11.5 Å². The van der Waals surface area contributed by atoms with Crippen LogP contribution in [0.3, 0.4) is 0 Å². The lowest BCUT2D eigenvalue weighted by molar-refractivity contribution is 0.137. The molecule has 4 N–H and O–H groups in total. The Labute approximate surface area is 135 Å². The molecule has 1 fully saturated rings. The fourth-order valence-corrected chi connectivity index (χ4v) is 1.15. The number of hydrogen-bond donors (Lipinski definition) is 2. The second-order valence-corrected chi connectivity index (χ2v) is 2.60. The molecule has 0 radical (unpaired) electrons. The monoisotopic (exact) mass is 304 g/mol. The summed E-state index contributed by atoms with van der Waals surface area (Å²) in [6, 6.07) is 0. The zero-order chi connectivity index (χ0) is 7.40. The molecule has 0 amide bonds. The van der Waals surface area contributed by atoms with Crippen LogP contribution in [-0.4, -0.2) is 49.3 Å². The van der Waals surface area contributed by atoms with Crippen LogP contribution in [0.1, 0.15) is 74.3 Å². The van der Waals surface area contributed by atoms with E-state index in [0.29, 0.717) is 13.3 Å². The molecule has 140 valence electrons. The Kier molecular flexibility index (Phi) is 156. The predicted octanol–water partition coefficient (Wildman–Crippen LogP) is 4.80. The molecular weight excluding hydrogens is 248 g/mol. The molecule has 0 bridgehead atoms. The van der Waals surface area contributed by atoms with Gasteiger partial charge in [-0.1, -0.05) is 74.3 Å². The first-order valence-electron chi connectivity index (χ1n) is 3.71. The number of hydrogen-bond acceptors (Lipinski definition) is 4. The summed E-state index contributed by atoms with van der Waals surface area (Å²) in [5.74, 6) is 0. The smallest absolute Gasteiger partial charge is 0.0456 e. The number of nitrogens with two attached hydrogens (primary N) is 2. The van der Waals surface area contributed by atoms with E-state index in [9.17, 15) is 0 Å². The van der Waals surface area contributed by atoms with Gasteiger partial charge >= 0.3 is 0 Å². The van der Waals surface area contributed by atoms with Crippen molar-refractivity contribution in [1.29, 1.82) is 0 Å². The Morgan fingerprint density at radius 1 is 0.450 bits per heavy atom. The van der Waals surface area contributed by atoms with Crippen LogP contribution >= 0.6 is 0 Å². The highest BCUT2D eigenvalue weighted by Gasteiger charge is 2.12. The van der Waals surface area contributed by atoms with E-state index < -0.39 is 0 Å². The zero-order valence-corrected chi connectivity index (χ0v) is 6.29. The minimum Gasteiger partial charge on any atom is -0.318 e. The SMILES string of the molecule is C.C.C.C.C.C.C.C.C.C.NCN1CCN(CN)CC1. The third kappa shape index (κ3) is 26.4. The summed E-state index contributed by atoms with van der Waals surface area (Å²) in [4.78, 5) is 4.46. The van der Waals surface area contributed by atoms with E-state index in [-0.39, 0.29) is 74.3 Å². The Morgan fingerprint density at radius 3 is 0.700 bits per heavy atom. The van der Waals surface area contributed by atoms with Crippen LogP contribution in [0.5, 0.6) is 0 Å². The molecule has 1 rings (SSSR count). The summed E-state index contributed by atoms with van der Waals surface area (Å²) >= 11 is 0. The van der Waals surface area contributed by atoms with Crippen molar-refractivity contribution in [3.63, 3.8) is 0 Å². The average Bonchev–Trinajstić information content (AvgIpc) is 2.05. The van der Waals surface area contributed by atoms with E-state index in [1.54, 1.807) is 0 Å². The second-order valence-electron chi connectivity index (χ2n) is 2.60. The maximum atomic E-state index is 5.47. The van der Waals surface area contributed by atoms with Gasteiger partial charge in [0, 0.05) is 39.5 Å². The minimum absolute atomic E-state index is 0. The summed E-state index contributed by atoms with van der Waals surface area (Å²) in [6.45, 7) is 5.61. The van der Waals surface area contributed by atoms with Gasteiger partial charge in [0.1, 0.15) is 0 Å². The summed E-state index contributed by atoms with van der Waals surface area (Å²) in [6.07, 6.45) is 0. The standard InChI is InChI=1S/C6H16N4.10CH4/c7-5-9-1-2-10(6-8)4-3-9;;;;;;;;;;/h1-8H2;10*1H4. The molecule has 0 aliphatic carbocycles. The molecular formula is C16H56N4. The molecule has 0 spiro atoms. The average molecular weight is 305 g/mol. The van der Waals surface area contributed by atoms with Crippen LogP contribution in [0.15, 0.2) is 0 Å².